The minimum atomic E-state index is -1.50. The van der Waals surface area contributed by atoms with Crippen LogP contribution in [-0.2, 0) is 63.8 Å². The van der Waals surface area contributed by atoms with Crippen LogP contribution in [0.1, 0.15) is 134 Å². The summed E-state index contributed by atoms with van der Waals surface area (Å²) in [6, 6.07) is 15.9. The van der Waals surface area contributed by atoms with E-state index in [0.717, 1.165) is 42.6 Å². The Morgan fingerprint density at radius 3 is 2.12 bits per heavy atom. The lowest BCUT2D eigenvalue weighted by Crippen LogP contribution is -2.58. The fraction of sp³-hybridized carbons (Fsp3) is 0.554. The van der Waals surface area contributed by atoms with Crippen LogP contribution < -0.4 is 24.8 Å². The Balaban J connectivity index is 1.32. The Hall–Kier alpha value is -7.81. The van der Waals surface area contributed by atoms with Gasteiger partial charge in [0, 0.05) is 40.3 Å². The SMILES string of the molecule is COc1ccc(CC[C@H]2OC(=O)[C@@H]3CCCCN3C(=O)C(=O)C(C)(C)COC(=O)C=CCCN(C)C(=O)[C@H](CC3CCCCC3)NC(=O)[C@H](COC(C)(C)C)N(C)C(=O)C(c3ccccc3)NC(=O)CN(C)C(=O)COc3cccc2c3)cc1OC. The summed E-state index contributed by atoms with van der Waals surface area (Å²) in [5, 5.41) is 5.78. The molecular formula is C65H88N6O15. The van der Waals surface area contributed by atoms with Crippen LogP contribution in [0.15, 0.2) is 84.9 Å². The quantitative estimate of drug-likeness (QED) is 0.159. The van der Waals surface area contributed by atoms with E-state index in [-0.39, 0.29) is 56.5 Å². The fourth-order valence-corrected chi connectivity index (χ4v) is 10.7. The monoisotopic (exact) mass is 1190 g/mol. The molecule has 1 saturated carbocycles. The summed E-state index contributed by atoms with van der Waals surface area (Å²) in [6.45, 7) is 6.92. The van der Waals surface area contributed by atoms with E-state index < -0.39 is 108 Å². The van der Waals surface area contributed by atoms with E-state index in [1.54, 1.807) is 67.7 Å². The molecule has 1 aliphatic carbocycles. The molecule has 1 saturated heterocycles. The first-order valence-electron chi connectivity index (χ1n) is 29.8. The molecule has 5 atom stereocenters. The number of ketones is 1. The molecule has 6 amide bonds. The standard InChI is InChI=1S/C65H88N6O15/c1-64(2,3)85-40-50-59(76)66-48(36-43-22-13-11-14-23-43)60(77)68(6)34-19-18-29-56(74)84-42-65(4,5)58(75)62(79)71-35-20-17-28-49(71)63(80)86-51(32-30-44-31-33-52(81-9)53(37-44)82-10)46-26-21-27-47(38-46)83-41-55(73)69(7)39-54(72)67-57(61(78)70(50)8)45-24-15-12-16-25-45/h12,15-16,18,21,24-27,29,31,33,37-38,43,48-51,57H,11,13-14,17,19-20,22-23,28,30,32,34-36,39-42H2,1-10H3,(H,66,76)(H,67,72)/t48-,49-,50-,51+,57?/m0/s1. The molecule has 2 fully saturated rings. The Kier molecular flexibility index (Phi) is 24.7. The van der Waals surface area contributed by atoms with E-state index in [4.69, 9.17) is 28.4 Å². The van der Waals surface area contributed by atoms with E-state index in [0.29, 0.717) is 48.3 Å². The van der Waals surface area contributed by atoms with Gasteiger partial charge in [0.2, 0.25) is 29.4 Å². The zero-order chi connectivity index (χ0) is 62.7. The number of likely N-dealkylation sites (N-methyl/N-ethyl adjacent to an activating group) is 3. The summed E-state index contributed by atoms with van der Waals surface area (Å²) in [4.78, 5) is 133. The Morgan fingerprint density at radius 1 is 0.721 bits per heavy atom. The van der Waals surface area contributed by atoms with E-state index in [2.05, 4.69) is 10.6 Å². The maximum absolute atomic E-state index is 14.9. The van der Waals surface area contributed by atoms with Gasteiger partial charge in [-0.15, -0.1) is 0 Å². The van der Waals surface area contributed by atoms with Gasteiger partial charge < -0.3 is 58.7 Å². The zero-order valence-electron chi connectivity index (χ0n) is 51.7. The van der Waals surface area contributed by atoms with Crippen molar-refractivity contribution in [2.45, 2.75) is 148 Å². The number of carbonyl (C=O) groups excluding carboxylic acids is 9. The molecule has 0 spiro atoms. The number of nitrogens with one attached hydrogen (secondary N) is 2. The summed E-state index contributed by atoms with van der Waals surface area (Å²) in [5.74, 6) is -4.87. The van der Waals surface area contributed by atoms with Gasteiger partial charge in [-0.2, -0.15) is 0 Å². The van der Waals surface area contributed by atoms with Crippen LogP contribution in [0, 0.1) is 11.3 Å². The first-order chi connectivity index (χ1) is 40.9. The largest absolute Gasteiger partial charge is 0.493 e. The smallest absolute Gasteiger partial charge is 0.330 e. The molecule has 3 aromatic rings. The number of esters is 2. The number of methoxy groups -OCH3 is 2. The predicted molar refractivity (Wildman–Crippen MR) is 319 cm³/mol. The number of benzene rings is 3. The van der Waals surface area contributed by atoms with Crippen molar-refractivity contribution in [1.29, 1.82) is 0 Å². The maximum Gasteiger partial charge on any atom is 0.330 e. The minimum Gasteiger partial charge on any atom is -0.493 e. The number of ether oxygens (including phenoxy) is 6. The average Bonchev–Trinajstić information content (AvgIpc) is 3.63. The normalized spacial score (nSPS) is 23.0. The fourth-order valence-electron chi connectivity index (χ4n) is 10.7. The van der Waals surface area contributed by atoms with Crippen molar-refractivity contribution in [3.8, 4) is 17.2 Å². The van der Waals surface area contributed by atoms with Crippen LogP contribution in [0.2, 0.25) is 0 Å². The van der Waals surface area contributed by atoms with Crippen molar-refractivity contribution in [3.05, 3.63) is 102 Å². The highest BCUT2D eigenvalue weighted by Gasteiger charge is 2.43. The van der Waals surface area contributed by atoms with Crippen LogP contribution in [0.25, 0.3) is 0 Å². The van der Waals surface area contributed by atoms with E-state index in [1.165, 1.54) is 69.0 Å². The lowest BCUT2D eigenvalue weighted by molar-refractivity contribution is -0.165. The van der Waals surface area contributed by atoms with E-state index >= 15 is 0 Å². The molecule has 0 aromatic heterocycles. The predicted octanol–water partition coefficient (Wildman–Crippen LogP) is 6.65. The zero-order valence-corrected chi connectivity index (χ0v) is 51.7. The van der Waals surface area contributed by atoms with Gasteiger partial charge >= 0.3 is 11.9 Å². The summed E-state index contributed by atoms with van der Waals surface area (Å²) in [5.41, 5.74) is -0.509. The summed E-state index contributed by atoms with van der Waals surface area (Å²) in [6.07, 6.45) is 9.07. The molecule has 2 aliphatic heterocycles. The number of cyclic esters (lactones) is 2. The highest BCUT2D eigenvalue weighted by Crippen LogP contribution is 2.34. The van der Waals surface area contributed by atoms with Gasteiger partial charge in [-0.25, -0.2) is 9.59 Å². The Labute approximate surface area is 505 Å². The molecule has 2 N–H and O–H groups in total. The number of hydrogen-bond acceptors (Lipinski definition) is 15. The van der Waals surface area contributed by atoms with Gasteiger partial charge in [0.15, 0.2) is 18.1 Å². The molecule has 21 heteroatoms. The van der Waals surface area contributed by atoms with Gasteiger partial charge in [-0.3, -0.25) is 33.6 Å². The molecule has 0 radical (unpaired) electrons. The molecule has 2 heterocycles. The maximum atomic E-state index is 14.9. The molecule has 21 nitrogen and oxygen atoms in total. The van der Waals surface area contributed by atoms with Crippen LogP contribution in [0.3, 0.4) is 0 Å². The van der Waals surface area contributed by atoms with Crippen molar-refractivity contribution < 1.29 is 71.6 Å². The lowest BCUT2D eigenvalue weighted by Gasteiger charge is -2.36. The number of fused-ring (bicyclic) bond motifs is 3. The average molecular weight is 1190 g/mol. The van der Waals surface area contributed by atoms with Crippen LogP contribution in [0.4, 0.5) is 0 Å². The first kappa shape index (κ1) is 67.3. The second kappa shape index (κ2) is 31.5. The van der Waals surface area contributed by atoms with Crippen LogP contribution in [-0.4, -0.2) is 171 Å². The van der Waals surface area contributed by atoms with E-state index in [1.807, 2.05) is 32.9 Å². The molecule has 3 aromatic carbocycles. The molecule has 1 unspecified atom stereocenters. The number of nitrogens with zero attached hydrogens (tertiary/aromatic N) is 4. The van der Waals surface area contributed by atoms with Crippen molar-refractivity contribution in [2.75, 3.05) is 74.8 Å². The highest BCUT2D eigenvalue weighted by atomic mass is 16.5. The molecule has 86 heavy (non-hydrogen) atoms. The number of Topliss-reactive ketones (excluding diaryl/α,β-unsaturated/α-hetero) is 1. The lowest BCUT2D eigenvalue weighted by atomic mass is 9.84. The first-order valence-corrected chi connectivity index (χ1v) is 29.8. The molecular weight excluding hydrogens is 1100 g/mol. The topological polar surface area (TPSA) is 246 Å². The van der Waals surface area contributed by atoms with Gasteiger partial charge in [0.1, 0.15) is 42.6 Å². The Morgan fingerprint density at radius 2 is 1.42 bits per heavy atom. The van der Waals surface area contributed by atoms with Gasteiger partial charge in [-0.1, -0.05) is 86.7 Å². The molecule has 2 bridgehead atoms. The minimum absolute atomic E-state index is 0.105. The highest BCUT2D eigenvalue weighted by molar-refractivity contribution is 6.38. The number of hydrogen-bond donors (Lipinski definition) is 2. The van der Waals surface area contributed by atoms with Crippen LogP contribution in [0.5, 0.6) is 17.2 Å². The third kappa shape index (κ3) is 19.4. The summed E-state index contributed by atoms with van der Waals surface area (Å²) in [7, 11) is 7.50. The third-order valence-electron chi connectivity index (χ3n) is 15.9. The molecule has 3 aliphatic rings. The number of aryl methyl sites for hydroxylation is 1. The van der Waals surface area contributed by atoms with Crippen molar-refractivity contribution >= 4 is 53.2 Å². The number of amides is 6. The van der Waals surface area contributed by atoms with Crippen molar-refractivity contribution in [2.24, 2.45) is 11.3 Å². The van der Waals surface area contributed by atoms with Gasteiger partial charge in [0.05, 0.1) is 38.4 Å². The number of rotatable bonds is 10. The van der Waals surface area contributed by atoms with Crippen molar-refractivity contribution in [3.63, 3.8) is 0 Å². The number of piperidine rings is 1. The second-order valence-corrected chi connectivity index (χ2v) is 24.1. The van der Waals surface area contributed by atoms with Gasteiger partial charge in [-0.05, 0) is 126 Å². The van der Waals surface area contributed by atoms with E-state index in [9.17, 15) is 43.2 Å². The van der Waals surface area contributed by atoms with Crippen molar-refractivity contribution in [1.82, 2.24) is 30.2 Å². The number of carbonyl (C=O) groups is 9. The molecule has 468 valence electrons. The summed E-state index contributed by atoms with van der Waals surface area (Å²) < 4.78 is 35.0. The second-order valence-electron chi connectivity index (χ2n) is 24.1. The summed E-state index contributed by atoms with van der Waals surface area (Å²) >= 11 is 0. The third-order valence-corrected chi connectivity index (χ3v) is 15.9. The molecule has 6 rings (SSSR count). The Bertz CT molecular complexity index is 2880. The van der Waals surface area contributed by atoms with Gasteiger partial charge in [0.25, 0.3) is 11.8 Å². The van der Waals surface area contributed by atoms with Crippen LogP contribution >= 0.6 is 0 Å².